The van der Waals surface area contributed by atoms with E-state index in [1.807, 2.05) is 0 Å². The third-order valence-corrected chi connectivity index (χ3v) is 3.25. The van der Waals surface area contributed by atoms with E-state index in [0.29, 0.717) is 0 Å². The number of hydrogen-bond acceptors (Lipinski definition) is 2. The van der Waals surface area contributed by atoms with Gasteiger partial charge in [0.2, 0.25) is 0 Å². The van der Waals surface area contributed by atoms with Crippen LogP contribution in [0.25, 0.3) is 0 Å². The third-order valence-electron chi connectivity index (χ3n) is 3.25. The molecule has 3 heterocycles. The maximum absolute atomic E-state index is 4.01. The van der Waals surface area contributed by atoms with Gasteiger partial charge in [0.05, 0.1) is 0 Å². The zero-order chi connectivity index (χ0) is 9.26. The molecule has 2 heteroatoms. The van der Waals surface area contributed by atoms with Crippen molar-refractivity contribution in [1.29, 1.82) is 0 Å². The van der Waals surface area contributed by atoms with Crippen LogP contribution in [-0.4, -0.2) is 48.6 Å². The Morgan fingerprint density at radius 2 is 1.92 bits per heavy atom. The zero-order valence-corrected chi connectivity index (χ0v) is 8.63. The molecule has 0 aromatic carbocycles. The van der Waals surface area contributed by atoms with E-state index in [1.165, 1.54) is 44.6 Å². The van der Waals surface area contributed by atoms with Gasteiger partial charge in [-0.3, -0.25) is 4.90 Å². The molecule has 3 rings (SSSR count). The molecule has 3 aliphatic heterocycles. The highest BCUT2D eigenvalue weighted by atomic mass is 15.3. The highest BCUT2D eigenvalue weighted by Gasteiger charge is 2.28. The summed E-state index contributed by atoms with van der Waals surface area (Å²) in [4.78, 5) is 5.21. The fourth-order valence-electron chi connectivity index (χ4n) is 2.52. The zero-order valence-electron chi connectivity index (χ0n) is 8.63. The summed E-state index contributed by atoms with van der Waals surface area (Å²) in [6.45, 7) is 12.4. The predicted molar refractivity (Wildman–Crippen MR) is 55.8 cm³/mol. The van der Waals surface area contributed by atoms with Crippen molar-refractivity contribution < 1.29 is 0 Å². The summed E-state index contributed by atoms with van der Waals surface area (Å²) in [5.74, 6) is 0. The number of hydrogen-bond donors (Lipinski definition) is 0. The van der Waals surface area contributed by atoms with Gasteiger partial charge in [-0.25, -0.2) is 0 Å². The van der Waals surface area contributed by atoms with E-state index >= 15 is 0 Å². The number of piperidine rings is 1. The molecule has 0 radical (unpaired) electrons. The standard InChI is InChI=1S/C11H20N2/c1-10(2)9-13-8-7-12-5-3-11(13)4-6-12/h11H,1,3-9H2,2H3. The van der Waals surface area contributed by atoms with E-state index in [-0.39, 0.29) is 0 Å². The van der Waals surface area contributed by atoms with Crippen molar-refractivity contribution in [2.24, 2.45) is 0 Å². The first kappa shape index (κ1) is 9.22. The number of nitrogens with zero attached hydrogens (tertiary/aromatic N) is 2. The Kier molecular flexibility index (Phi) is 2.70. The molecule has 3 fully saturated rings. The highest BCUT2D eigenvalue weighted by molar-refractivity contribution is 4.96. The summed E-state index contributed by atoms with van der Waals surface area (Å²) in [7, 11) is 0. The minimum Gasteiger partial charge on any atom is -0.302 e. The molecule has 0 aromatic rings. The lowest BCUT2D eigenvalue weighted by atomic mass is 10.0. The van der Waals surface area contributed by atoms with Gasteiger partial charge in [-0.2, -0.15) is 0 Å². The van der Waals surface area contributed by atoms with Crippen LogP contribution in [0.2, 0.25) is 0 Å². The normalized spacial score (nSPS) is 34.5. The van der Waals surface area contributed by atoms with Crippen LogP contribution in [0, 0.1) is 0 Å². The lowest BCUT2D eigenvalue weighted by Crippen LogP contribution is -2.38. The van der Waals surface area contributed by atoms with Crippen LogP contribution in [0.1, 0.15) is 19.8 Å². The van der Waals surface area contributed by atoms with Gasteiger partial charge >= 0.3 is 0 Å². The summed E-state index contributed by atoms with van der Waals surface area (Å²) >= 11 is 0. The van der Waals surface area contributed by atoms with E-state index in [2.05, 4.69) is 23.3 Å². The van der Waals surface area contributed by atoms with E-state index in [0.717, 1.165) is 12.6 Å². The van der Waals surface area contributed by atoms with Gasteiger partial charge in [-0.15, -0.1) is 0 Å². The van der Waals surface area contributed by atoms with Crippen LogP contribution in [-0.2, 0) is 0 Å². The Morgan fingerprint density at radius 3 is 2.54 bits per heavy atom. The molecule has 0 N–H and O–H groups in total. The van der Waals surface area contributed by atoms with Crippen molar-refractivity contribution in [3.63, 3.8) is 0 Å². The second-order valence-corrected chi connectivity index (χ2v) is 4.50. The summed E-state index contributed by atoms with van der Waals surface area (Å²) in [5, 5.41) is 0. The first-order valence-electron chi connectivity index (χ1n) is 5.36. The Hall–Kier alpha value is -0.340. The molecule has 3 aliphatic rings. The Morgan fingerprint density at radius 1 is 1.23 bits per heavy atom. The van der Waals surface area contributed by atoms with Gasteiger partial charge in [0, 0.05) is 25.7 Å². The highest BCUT2D eigenvalue weighted by Crippen LogP contribution is 2.20. The van der Waals surface area contributed by atoms with Crippen molar-refractivity contribution in [1.82, 2.24) is 9.80 Å². The van der Waals surface area contributed by atoms with E-state index in [9.17, 15) is 0 Å². The third kappa shape index (κ3) is 2.12. The quantitative estimate of drug-likeness (QED) is 0.592. The number of fused-ring (bicyclic) bond motifs is 4. The van der Waals surface area contributed by atoms with E-state index < -0.39 is 0 Å². The Bertz CT molecular complexity index is 192. The van der Waals surface area contributed by atoms with Gasteiger partial charge in [0.25, 0.3) is 0 Å². The lowest BCUT2D eigenvalue weighted by Gasteiger charge is -2.31. The second kappa shape index (κ2) is 3.81. The van der Waals surface area contributed by atoms with Crippen molar-refractivity contribution in [2.45, 2.75) is 25.8 Å². The second-order valence-electron chi connectivity index (χ2n) is 4.50. The first-order chi connectivity index (χ1) is 6.25. The molecule has 0 aliphatic carbocycles. The summed E-state index contributed by atoms with van der Waals surface area (Å²) in [6.07, 6.45) is 2.74. The molecule has 13 heavy (non-hydrogen) atoms. The van der Waals surface area contributed by atoms with Gasteiger partial charge in [-0.1, -0.05) is 12.2 Å². The van der Waals surface area contributed by atoms with E-state index in [1.54, 1.807) is 0 Å². The summed E-state index contributed by atoms with van der Waals surface area (Å²) in [6, 6.07) is 0.843. The fraction of sp³-hybridized carbons (Fsp3) is 0.818. The molecule has 0 unspecified atom stereocenters. The molecule has 3 saturated heterocycles. The molecule has 0 saturated carbocycles. The lowest BCUT2D eigenvalue weighted by molar-refractivity contribution is 0.194. The van der Waals surface area contributed by atoms with Gasteiger partial charge < -0.3 is 4.90 Å². The van der Waals surface area contributed by atoms with Gasteiger partial charge in [-0.05, 0) is 32.9 Å². The maximum atomic E-state index is 4.01. The summed E-state index contributed by atoms with van der Waals surface area (Å²) in [5.41, 5.74) is 1.31. The van der Waals surface area contributed by atoms with Crippen molar-refractivity contribution in [3.8, 4) is 0 Å². The smallest absolute Gasteiger partial charge is 0.0190 e. The van der Waals surface area contributed by atoms with Crippen LogP contribution in [0.5, 0.6) is 0 Å². The largest absolute Gasteiger partial charge is 0.302 e. The molecular formula is C11H20N2. The van der Waals surface area contributed by atoms with Crippen LogP contribution in [0.15, 0.2) is 12.2 Å². The SMILES string of the molecule is C=C(C)CN1CCN2CCC1CC2. The van der Waals surface area contributed by atoms with Crippen LogP contribution in [0.3, 0.4) is 0 Å². The predicted octanol–water partition coefficient (Wildman–Crippen LogP) is 1.34. The molecule has 0 amide bonds. The number of rotatable bonds is 2. The summed E-state index contributed by atoms with van der Waals surface area (Å²) < 4.78 is 0. The maximum Gasteiger partial charge on any atom is 0.0190 e. The molecule has 0 aromatic heterocycles. The van der Waals surface area contributed by atoms with Gasteiger partial charge in [0.15, 0.2) is 0 Å². The molecule has 0 spiro atoms. The average molecular weight is 180 g/mol. The van der Waals surface area contributed by atoms with Crippen LogP contribution in [0.4, 0.5) is 0 Å². The monoisotopic (exact) mass is 180 g/mol. The molecule has 0 atom stereocenters. The minimum atomic E-state index is 0.843. The van der Waals surface area contributed by atoms with Crippen molar-refractivity contribution >= 4 is 0 Å². The van der Waals surface area contributed by atoms with Crippen LogP contribution >= 0.6 is 0 Å². The topological polar surface area (TPSA) is 6.48 Å². The minimum absolute atomic E-state index is 0.843. The van der Waals surface area contributed by atoms with Crippen molar-refractivity contribution in [2.75, 3.05) is 32.7 Å². The molecule has 2 bridgehead atoms. The van der Waals surface area contributed by atoms with E-state index in [4.69, 9.17) is 0 Å². The van der Waals surface area contributed by atoms with Gasteiger partial charge in [0.1, 0.15) is 0 Å². The first-order valence-corrected chi connectivity index (χ1v) is 5.36. The average Bonchev–Trinajstić information content (AvgIpc) is 2.39. The van der Waals surface area contributed by atoms with Crippen LogP contribution < -0.4 is 0 Å². The van der Waals surface area contributed by atoms with Crippen molar-refractivity contribution in [3.05, 3.63) is 12.2 Å². The fourth-order valence-corrected chi connectivity index (χ4v) is 2.52. The molecule has 74 valence electrons. The Labute approximate surface area is 81.2 Å². The Balaban J connectivity index is 1.98. The molecular weight excluding hydrogens is 160 g/mol. The molecule has 2 nitrogen and oxygen atoms in total.